The predicted octanol–water partition coefficient (Wildman–Crippen LogP) is 1.98. The lowest BCUT2D eigenvalue weighted by Gasteiger charge is -2.07. The number of rotatable bonds is 4. The van der Waals surface area contributed by atoms with E-state index in [1.165, 1.54) is 0 Å². The SMILES string of the molecule is CCn1cc(Oc2ccccc2C(=N)N)cn1. The minimum absolute atomic E-state index is 0.0107. The van der Waals surface area contributed by atoms with Gasteiger partial charge in [0, 0.05) is 6.54 Å². The molecule has 0 aliphatic carbocycles. The number of hydrogen-bond donors (Lipinski definition) is 2. The van der Waals surface area contributed by atoms with Crippen LogP contribution in [0.3, 0.4) is 0 Å². The van der Waals surface area contributed by atoms with Gasteiger partial charge in [0.05, 0.1) is 18.0 Å². The van der Waals surface area contributed by atoms with E-state index in [4.69, 9.17) is 15.9 Å². The second-order valence-corrected chi connectivity index (χ2v) is 3.54. The van der Waals surface area contributed by atoms with Gasteiger partial charge >= 0.3 is 0 Å². The predicted molar refractivity (Wildman–Crippen MR) is 65.4 cm³/mol. The largest absolute Gasteiger partial charge is 0.453 e. The lowest BCUT2D eigenvalue weighted by Crippen LogP contribution is -2.12. The van der Waals surface area contributed by atoms with Gasteiger partial charge in [-0.25, -0.2) is 0 Å². The first kappa shape index (κ1) is 11.2. The summed E-state index contributed by atoms with van der Waals surface area (Å²) in [6, 6.07) is 7.19. The molecule has 0 amide bonds. The van der Waals surface area contributed by atoms with Crippen LogP contribution in [-0.2, 0) is 6.54 Å². The molecule has 0 unspecified atom stereocenters. The molecule has 2 rings (SSSR count). The van der Waals surface area contributed by atoms with E-state index in [-0.39, 0.29) is 5.84 Å². The first-order valence-corrected chi connectivity index (χ1v) is 5.34. The number of amidine groups is 1. The molecule has 5 heteroatoms. The minimum atomic E-state index is -0.0107. The van der Waals surface area contributed by atoms with Crippen LogP contribution in [0.4, 0.5) is 0 Å². The van der Waals surface area contributed by atoms with Crippen LogP contribution in [0.1, 0.15) is 12.5 Å². The summed E-state index contributed by atoms with van der Waals surface area (Å²) in [7, 11) is 0. The number of nitrogen functional groups attached to an aromatic ring is 1. The van der Waals surface area contributed by atoms with Crippen LogP contribution in [0.15, 0.2) is 36.7 Å². The van der Waals surface area contributed by atoms with Crippen LogP contribution >= 0.6 is 0 Å². The topological polar surface area (TPSA) is 76.9 Å². The molecule has 88 valence electrons. The zero-order valence-corrected chi connectivity index (χ0v) is 9.55. The molecule has 0 bridgehead atoms. The van der Waals surface area contributed by atoms with Gasteiger partial charge in [-0.2, -0.15) is 5.10 Å². The summed E-state index contributed by atoms with van der Waals surface area (Å²) in [5.74, 6) is 1.19. The van der Waals surface area contributed by atoms with Crippen molar-refractivity contribution in [3.8, 4) is 11.5 Å². The summed E-state index contributed by atoms with van der Waals surface area (Å²) in [6.45, 7) is 2.79. The van der Waals surface area contributed by atoms with Gasteiger partial charge in [-0.15, -0.1) is 0 Å². The Kier molecular flexibility index (Phi) is 3.09. The number of aromatic nitrogens is 2. The molecule has 0 saturated carbocycles. The van der Waals surface area contributed by atoms with Crippen molar-refractivity contribution in [3.05, 3.63) is 42.2 Å². The van der Waals surface area contributed by atoms with Crippen molar-refractivity contribution in [2.75, 3.05) is 0 Å². The first-order valence-electron chi connectivity index (χ1n) is 5.34. The minimum Gasteiger partial charge on any atom is -0.453 e. The van der Waals surface area contributed by atoms with Gasteiger partial charge in [-0.3, -0.25) is 10.1 Å². The molecule has 1 aromatic heterocycles. The van der Waals surface area contributed by atoms with Crippen molar-refractivity contribution < 1.29 is 4.74 Å². The maximum Gasteiger partial charge on any atom is 0.165 e. The Morgan fingerprint density at radius 1 is 1.47 bits per heavy atom. The quantitative estimate of drug-likeness (QED) is 0.622. The van der Waals surface area contributed by atoms with Gasteiger partial charge in [0.25, 0.3) is 0 Å². The summed E-state index contributed by atoms with van der Waals surface area (Å²) in [4.78, 5) is 0. The number of nitrogens with one attached hydrogen (secondary N) is 1. The van der Waals surface area contributed by atoms with Crippen molar-refractivity contribution >= 4 is 5.84 Å². The summed E-state index contributed by atoms with van der Waals surface area (Å²) < 4.78 is 7.42. The van der Waals surface area contributed by atoms with Crippen molar-refractivity contribution in [1.82, 2.24) is 9.78 Å². The highest BCUT2D eigenvalue weighted by molar-refractivity contribution is 5.97. The van der Waals surface area contributed by atoms with E-state index < -0.39 is 0 Å². The van der Waals surface area contributed by atoms with E-state index in [1.807, 2.05) is 19.1 Å². The fourth-order valence-electron chi connectivity index (χ4n) is 1.48. The van der Waals surface area contributed by atoms with Crippen LogP contribution in [0, 0.1) is 5.41 Å². The van der Waals surface area contributed by atoms with E-state index in [9.17, 15) is 0 Å². The molecule has 17 heavy (non-hydrogen) atoms. The van der Waals surface area contributed by atoms with E-state index in [2.05, 4.69) is 5.10 Å². The molecule has 0 saturated heterocycles. The normalized spacial score (nSPS) is 10.2. The van der Waals surface area contributed by atoms with Crippen LogP contribution in [0.25, 0.3) is 0 Å². The van der Waals surface area contributed by atoms with Gasteiger partial charge < -0.3 is 10.5 Å². The first-order chi connectivity index (χ1) is 8.20. The number of nitrogens with two attached hydrogens (primary N) is 1. The molecular formula is C12H14N4O. The van der Waals surface area contributed by atoms with Gasteiger partial charge in [-0.1, -0.05) is 12.1 Å². The molecule has 0 aliphatic heterocycles. The number of aryl methyl sites for hydroxylation is 1. The Labute approximate surface area is 99.3 Å². The smallest absolute Gasteiger partial charge is 0.165 e. The van der Waals surface area contributed by atoms with Crippen molar-refractivity contribution in [3.63, 3.8) is 0 Å². The van der Waals surface area contributed by atoms with Gasteiger partial charge in [0.2, 0.25) is 0 Å². The van der Waals surface area contributed by atoms with Crippen LogP contribution < -0.4 is 10.5 Å². The Morgan fingerprint density at radius 3 is 2.88 bits per heavy atom. The highest BCUT2D eigenvalue weighted by Gasteiger charge is 2.07. The third-order valence-corrected chi connectivity index (χ3v) is 2.34. The second kappa shape index (κ2) is 4.69. The van der Waals surface area contributed by atoms with E-state index >= 15 is 0 Å². The Balaban J connectivity index is 2.26. The third-order valence-electron chi connectivity index (χ3n) is 2.34. The second-order valence-electron chi connectivity index (χ2n) is 3.54. The Hall–Kier alpha value is -2.30. The lowest BCUT2D eigenvalue weighted by molar-refractivity contribution is 0.480. The molecule has 0 fully saturated rings. The molecule has 0 atom stereocenters. The molecule has 0 radical (unpaired) electrons. The van der Waals surface area contributed by atoms with Crippen LogP contribution in [0.5, 0.6) is 11.5 Å². The average Bonchev–Trinajstić information content (AvgIpc) is 2.77. The summed E-state index contributed by atoms with van der Waals surface area (Å²) in [6.07, 6.45) is 3.44. The number of nitrogens with zero attached hydrogens (tertiary/aromatic N) is 2. The number of hydrogen-bond acceptors (Lipinski definition) is 3. The molecule has 1 aromatic carbocycles. The molecule has 5 nitrogen and oxygen atoms in total. The fourth-order valence-corrected chi connectivity index (χ4v) is 1.48. The summed E-state index contributed by atoms with van der Waals surface area (Å²) >= 11 is 0. The van der Waals surface area contributed by atoms with Crippen molar-refractivity contribution in [2.45, 2.75) is 13.5 Å². The van der Waals surface area contributed by atoms with Crippen molar-refractivity contribution in [2.24, 2.45) is 5.73 Å². The molecule has 0 spiro atoms. The standard InChI is InChI=1S/C12H14N4O/c1-2-16-8-9(7-15-16)17-11-6-4-3-5-10(11)12(13)14/h3-8H,2H2,1H3,(H3,13,14). The fraction of sp³-hybridized carbons (Fsp3) is 0.167. The highest BCUT2D eigenvalue weighted by atomic mass is 16.5. The van der Waals surface area contributed by atoms with Crippen molar-refractivity contribution in [1.29, 1.82) is 5.41 Å². The monoisotopic (exact) mass is 230 g/mol. The van der Waals surface area contributed by atoms with Crippen LogP contribution in [0.2, 0.25) is 0 Å². The molecule has 0 aliphatic rings. The molecule has 1 heterocycles. The zero-order chi connectivity index (χ0) is 12.3. The molecule has 2 aromatic rings. The van der Waals surface area contributed by atoms with E-state index in [0.717, 1.165) is 6.54 Å². The van der Waals surface area contributed by atoms with Gasteiger partial charge in [0.15, 0.2) is 5.75 Å². The number of ether oxygens (including phenoxy) is 1. The highest BCUT2D eigenvalue weighted by Crippen LogP contribution is 2.24. The Morgan fingerprint density at radius 2 is 2.24 bits per heavy atom. The zero-order valence-electron chi connectivity index (χ0n) is 9.55. The van der Waals surface area contributed by atoms with Gasteiger partial charge in [0.1, 0.15) is 11.6 Å². The van der Waals surface area contributed by atoms with Gasteiger partial charge in [-0.05, 0) is 19.1 Å². The maximum atomic E-state index is 7.46. The lowest BCUT2D eigenvalue weighted by atomic mass is 10.2. The van der Waals surface area contributed by atoms with E-state index in [1.54, 1.807) is 29.2 Å². The number of para-hydroxylation sites is 1. The van der Waals surface area contributed by atoms with E-state index in [0.29, 0.717) is 17.1 Å². The maximum absolute atomic E-state index is 7.46. The molecular weight excluding hydrogens is 216 g/mol. The van der Waals surface area contributed by atoms with Crippen LogP contribution in [-0.4, -0.2) is 15.6 Å². The average molecular weight is 230 g/mol. The molecule has 3 N–H and O–H groups in total. The third kappa shape index (κ3) is 2.44. The Bertz CT molecular complexity index is 533. The summed E-state index contributed by atoms with van der Waals surface area (Å²) in [5, 5.41) is 11.6. The number of benzene rings is 1. The summed E-state index contributed by atoms with van der Waals surface area (Å²) in [5.41, 5.74) is 6.06.